The molecule has 0 bridgehead atoms. The van der Waals surface area contributed by atoms with Crippen LogP contribution < -0.4 is 14.8 Å². The van der Waals surface area contributed by atoms with E-state index >= 15 is 0 Å². The van der Waals surface area contributed by atoms with Gasteiger partial charge in [0.25, 0.3) is 5.91 Å². The fourth-order valence-electron chi connectivity index (χ4n) is 2.42. The van der Waals surface area contributed by atoms with E-state index in [2.05, 4.69) is 5.32 Å². The summed E-state index contributed by atoms with van der Waals surface area (Å²) in [6.07, 6.45) is 0. The van der Waals surface area contributed by atoms with E-state index < -0.39 is 0 Å². The van der Waals surface area contributed by atoms with E-state index in [1.807, 2.05) is 66.7 Å². The highest BCUT2D eigenvalue weighted by Gasteiger charge is 2.04. The highest BCUT2D eigenvalue weighted by molar-refractivity contribution is 5.85. The summed E-state index contributed by atoms with van der Waals surface area (Å²) in [7, 11) is 1.64. The number of benzene rings is 3. The van der Waals surface area contributed by atoms with Gasteiger partial charge in [-0.15, -0.1) is 0 Å². The second-order valence-electron chi connectivity index (χ2n) is 5.43. The third kappa shape index (κ3) is 4.04. The Kier molecular flexibility index (Phi) is 4.96. The Morgan fingerprint density at radius 3 is 2.38 bits per heavy atom. The lowest BCUT2D eigenvalue weighted by Crippen LogP contribution is -2.28. The first-order valence-electron chi connectivity index (χ1n) is 7.76. The molecule has 0 unspecified atom stereocenters. The predicted molar refractivity (Wildman–Crippen MR) is 94.3 cm³/mol. The van der Waals surface area contributed by atoms with Crippen LogP contribution in [0.5, 0.6) is 11.5 Å². The van der Waals surface area contributed by atoms with Gasteiger partial charge < -0.3 is 14.8 Å². The quantitative estimate of drug-likeness (QED) is 0.755. The van der Waals surface area contributed by atoms with Crippen molar-refractivity contribution in [1.29, 1.82) is 0 Å². The van der Waals surface area contributed by atoms with Gasteiger partial charge in [-0.2, -0.15) is 0 Å². The van der Waals surface area contributed by atoms with Crippen LogP contribution in [-0.2, 0) is 11.3 Å². The van der Waals surface area contributed by atoms with E-state index in [0.717, 1.165) is 22.1 Å². The predicted octanol–water partition coefficient (Wildman–Crippen LogP) is 3.54. The number of hydrogen-bond acceptors (Lipinski definition) is 3. The first-order chi connectivity index (χ1) is 11.7. The van der Waals surface area contributed by atoms with Crippen molar-refractivity contribution < 1.29 is 14.3 Å². The highest BCUT2D eigenvalue weighted by Crippen LogP contribution is 2.24. The van der Waals surface area contributed by atoms with Crippen LogP contribution in [0.3, 0.4) is 0 Å². The Balaban J connectivity index is 1.57. The van der Waals surface area contributed by atoms with Gasteiger partial charge in [0.2, 0.25) is 0 Å². The van der Waals surface area contributed by atoms with Crippen molar-refractivity contribution in [2.24, 2.45) is 0 Å². The summed E-state index contributed by atoms with van der Waals surface area (Å²) in [4.78, 5) is 11.9. The Hall–Kier alpha value is -3.01. The molecule has 3 rings (SSSR count). The van der Waals surface area contributed by atoms with Crippen molar-refractivity contribution >= 4 is 16.7 Å². The molecule has 0 aliphatic carbocycles. The van der Waals surface area contributed by atoms with Gasteiger partial charge in [0.05, 0.1) is 7.11 Å². The lowest BCUT2D eigenvalue weighted by molar-refractivity contribution is -0.123. The highest BCUT2D eigenvalue weighted by atomic mass is 16.5. The average Bonchev–Trinajstić information content (AvgIpc) is 2.64. The van der Waals surface area contributed by atoms with Crippen molar-refractivity contribution in [3.8, 4) is 11.5 Å². The largest absolute Gasteiger partial charge is 0.497 e. The Morgan fingerprint density at radius 2 is 1.62 bits per heavy atom. The molecule has 3 aromatic carbocycles. The number of fused-ring (bicyclic) bond motifs is 1. The van der Waals surface area contributed by atoms with E-state index in [1.165, 1.54) is 0 Å². The molecule has 0 aromatic heterocycles. The molecule has 0 atom stereocenters. The normalized spacial score (nSPS) is 10.4. The molecule has 0 fully saturated rings. The van der Waals surface area contributed by atoms with Crippen molar-refractivity contribution in [1.82, 2.24) is 5.32 Å². The van der Waals surface area contributed by atoms with Gasteiger partial charge >= 0.3 is 0 Å². The fourth-order valence-corrected chi connectivity index (χ4v) is 2.42. The first-order valence-corrected chi connectivity index (χ1v) is 7.76. The molecule has 1 N–H and O–H groups in total. The molecule has 0 aliphatic heterocycles. The van der Waals surface area contributed by atoms with E-state index in [4.69, 9.17) is 9.47 Å². The van der Waals surface area contributed by atoms with Crippen molar-refractivity contribution in [2.75, 3.05) is 13.7 Å². The molecular weight excluding hydrogens is 302 g/mol. The van der Waals surface area contributed by atoms with E-state index in [9.17, 15) is 4.79 Å². The minimum Gasteiger partial charge on any atom is -0.497 e. The summed E-state index contributed by atoms with van der Waals surface area (Å²) < 4.78 is 10.8. The zero-order valence-electron chi connectivity index (χ0n) is 13.5. The third-order valence-electron chi connectivity index (χ3n) is 3.72. The lowest BCUT2D eigenvalue weighted by atomic mass is 10.1. The Labute approximate surface area is 141 Å². The fraction of sp³-hybridized carbons (Fsp3) is 0.150. The summed E-state index contributed by atoms with van der Waals surface area (Å²) in [5.41, 5.74) is 1.06. The van der Waals surface area contributed by atoms with Crippen LogP contribution in [0.4, 0.5) is 0 Å². The lowest BCUT2D eigenvalue weighted by Gasteiger charge is -2.09. The topological polar surface area (TPSA) is 47.6 Å². The van der Waals surface area contributed by atoms with Crippen LogP contribution in [0, 0.1) is 0 Å². The number of carbonyl (C=O) groups excluding carboxylic acids is 1. The van der Waals surface area contributed by atoms with Crippen LogP contribution >= 0.6 is 0 Å². The average molecular weight is 321 g/mol. The molecule has 0 aliphatic rings. The summed E-state index contributed by atoms with van der Waals surface area (Å²) in [5.74, 6) is 1.30. The smallest absolute Gasteiger partial charge is 0.258 e. The molecular formula is C20H19NO3. The van der Waals surface area contributed by atoms with Crippen LogP contribution in [0.1, 0.15) is 5.56 Å². The van der Waals surface area contributed by atoms with E-state index in [1.54, 1.807) is 7.11 Å². The number of carbonyl (C=O) groups is 1. The molecule has 1 amide bonds. The van der Waals surface area contributed by atoms with Gasteiger partial charge in [-0.3, -0.25) is 4.79 Å². The number of hydrogen-bond donors (Lipinski definition) is 1. The monoisotopic (exact) mass is 321 g/mol. The van der Waals surface area contributed by atoms with E-state index in [-0.39, 0.29) is 12.5 Å². The van der Waals surface area contributed by atoms with Gasteiger partial charge in [0.1, 0.15) is 11.5 Å². The minimum absolute atomic E-state index is 0.0116. The van der Waals surface area contributed by atoms with Gasteiger partial charge in [0, 0.05) is 6.54 Å². The molecule has 4 heteroatoms. The van der Waals surface area contributed by atoms with Crippen molar-refractivity contribution in [3.05, 3.63) is 72.3 Å². The number of nitrogens with one attached hydrogen (secondary N) is 1. The molecule has 122 valence electrons. The molecule has 3 aromatic rings. The molecule has 24 heavy (non-hydrogen) atoms. The maximum atomic E-state index is 11.9. The minimum atomic E-state index is -0.149. The zero-order chi connectivity index (χ0) is 16.8. The van der Waals surface area contributed by atoms with E-state index in [0.29, 0.717) is 12.3 Å². The molecule has 0 radical (unpaired) electrons. The van der Waals surface area contributed by atoms with Crippen LogP contribution in [0.15, 0.2) is 66.7 Å². The van der Waals surface area contributed by atoms with Crippen LogP contribution in [0.25, 0.3) is 10.8 Å². The van der Waals surface area contributed by atoms with Crippen LogP contribution in [0.2, 0.25) is 0 Å². The Bertz CT molecular complexity index is 831. The Morgan fingerprint density at radius 1 is 0.917 bits per heavy atom. The van der Waals surface area contributed by atoms with Crippen molar-refractivity contribution in [3.63, 3.8) is 0 Å². The van der Waals surface area contributed by atoms with Gasteiger partial charge in [-0.1, -0.05) is 42.5 Å². The number of methoxy groups -OCH3 is 1. The van der Waals surface area contributed by atoms with Gasteiger partial charge in [-0.25, -0.2) is 0 Å². The zero-order valence-corrected chi connectivity index (χ0v) is 13.5. The molecule has 0 heterocycles. The number of rotatable bonds is 6. The first kappa shape index (κ1) is 15.9. The second-order valence-corrected chi connectivity index (χ2v) is 5.43. The van der Waals surface area contributed by atoms with Crippen LogP contribution in [-0.4, -0.2) is 19.6 Å². The summed E-state index contributed by atoms with van der Waals surface area (Å²) >= 11 is 0. The van der Waals surface area contributed by atoms with Gasteiger partial charge in [0.15, 0.2) is 6.61 Å². The standard InChI is InChI=1S/C20H19NO3/c1-23-18-9-7-16-8-10-19(12-17(16)11-18)24-14-20(22)21-13-15-5-3-2-4-6-15/h2-12H,13-14H2,1H3,(H,21,22). The molecule has 4 nitrogen and oxygen atoms in total. The number of ether oxygens (including phenoxy) is 2. The maximum Gasteiger partial charge on any atom is 0.258 e. The second kappa shape index (κ2) is 7.51. The summed E-state index contributed by atoms with van der Waals surface area (Å²) in [6.45, 7) is 0.486. The number of amides is 1. The molecule has 0 spiro atoms. The van der Waals surface area contributed by atoms with Gasteiger partial charge in [-0.05, 0) is 40.6 Å². The SMILES string of the molecule is COc1ccc2ccc(OCC(=O)NCc3ccccc3)cc2c1. The maximum absolute atomic E-state index is 11.9. The molecule has 0 saturated carbocycles. The molecule has 0 saturated heterocycles. The summed E-state index contributed by atoms with van der Waals surface area (Å²) in [6, 6.07) is 21.4. The van der Waals surface area contributed by atoms with Crippen molar-refractivity contribution in [2.45, 2.75) is 6.54 Å². The summed E-state index contributed by atoms with van der Waals surface area (Å²) in [5, 5.41) is 4.95. The third-order valence-corrected chi connectivity index (χ3v) is 3.72.